The van der Waals surface area contributed by atoms with E-state index in [1.807, 2.05) is 6.92 Å². The summed E-state index contributed by atoms with van der Waals surface area (Å²) in [4.78, 5) is 0. The number of ether oxygens (including phenoxy) is 2. The highest BCUT2D eigenvalue weighted by molar-refractivity contribution is 5.98. The van der Waals surface area contributed by atoms with Crippen LogP contribution in [0.5, 0.6) is 5.88 Å². The summed E-state index contributed by atoms with van der Waals surface area (Å²) < 4.78 is 12.8. The number of nitrogens with two attached hydrogens (primary N) is 1. The maximum atomic E-state index is 7.53. The van der Waals surface area contributed by atoms with Gasteiger partial charge in [-0.1, -0.05) is 0 Å². The van der Waals surface area contributed by atoms with E-state index < -0.39 is 0 Å². The van der Waals surface area contributed by atoms with Crippen molar-refractivity contribution in [1.29, 1.82) is 5.41 Å². The van der Waals surface area contributed by atoms with E-state index in [0.29, 0.717) is 23.7 Å². The van der Waals surface area contributed by atoms with Crippen LogP contribution in [0.4, 0.5) is 0 Å². The lowest BCUT2D eigenvalue weighted by atomic mass is 10.2. The molecule has 0 aliphatic carbocycles. The Hall–Kier alpha value is -1.56. The normalized spacial score (nSPS) is 19.5. The molecule has 1 saturated heterocycles. The van der Waals surface area contributed by atoms with Crippen molar-refractivity contribution in [3.63, 3.8) is 0 Å². The largest absolute Gasteiger partial charge is 0.475 e. The number of hydrogen-bond acceptors (Lipinski definition) is 4. The molecule has 1 fully saturated rings. The molecule has 1 aromatic rings. The first kappa shape index (κ1) is 11.9. The minimum absolute atomic E-state index is 0.0158. The van der Waals surface area contributed by atoms with Crippen molar-refractivity contribution in [3.8, 4) is 5.88 Å². The molecule has 0 aromatic carbocycles. The Morgan fingerprint density at radius 3 is 3.06 bits per heavy atom. The van der Waals surface area contributed by atoms with Crippen molar-refractivity contribution < 1.29 is 9.47 Å². The van der Waals surface area contributed by atoms with Gasteiger partial charge in [-0.2, -0.15) is 5.10 Å². The van der Waals surface area contributed by atoms with Crippen LogP contribution in [0.25, 0.3) is 0 Å². The van der Waals surface area contributed by atoms with E-state index in [1.54, 1.807) is 11.7 Å². The lowest BCUT2D eigenvalue weighted by Crippen LogP contribution is -2.20. The number of nitrogens with one attached hydrogen (secondary N) is 1. The Kier molecular flexibility index (Phi) is 3.33. The van der Waals surface area contributed by atoms with E-state index in [1.165, 1.54) is 0 Å². The molecular formula is C11H18N4O2. The summed E-state index contributed by atoms with van der Waals surface area (Å²) in [6, 6.07) is 0. The van der Waals surface area contributed by atoms with Crippen LogP contribution in [-0.2, 0) is 11.8 Å². The summed E-state index contributed by atoms with van der Waals surface area (Å²) in [5.74, 6) is 0.531. The molecule has 0 amide bonds. The van der Waals surface area contributed by atoms with Crippen LogP contribution in [0.15, 0.2) is 0 Å². The Bertz CT molecular complexity index is 421. The quantitative estimate of drug-likeness (QED) is 0.593. The zero-order valence-electron chi connectivity index (χ0n) is 10.2. The number of nitrogen functional groups attached to an aromatic ring is 1. The molecule has 0 spiro atoms. The molecule has 17 heavy (non-hydrogen) atoms. The number of aromatic nitrogens is 2. The highest BCUT2D eigenvalue weighted by atomic mass is 16.5. The molecule has 1 aliphatic rings. The lowest BCUT2D eigenvalue weighted by Gasteiger charge is -2.12. The number of hydrogen-bond donors (Lipinski definition) is 2. The van der Waals surface area contributed by atoms with Gasteiger partial charge in [-0.25, -0.2) is 4.68 Å². The second kappa shape index (κ2) is 4.75. The van der Waals surface area contributed by atoms with Gasteiger partial charge in [0.1, 0.15) is 18.0 Å². The summed E-state index contributed by atoms with van der Waals surface area (Å²) in [6.07, 6.45) is 2.24. The Labute approximate surface area is 100 Å². The van der Waals surface area contributed by atoms with Gasteiger partial charge >= 0.3 is 0 Å². The van der Waals surface area contributed by atoms with Crippen molar-refractivity contribution in [1.82, 2.24) is 9.78 Å². The SMILES string of the molecule is Cc1nn(C)c(OCC2CCCO2)c1C(=N)N. The summed E-state index contributed by atoms with van der Waals surface area (Å²) in [5.41, 5.74) is 6.82. The molecule has 6 heteroatoms. The molecule has 1 unspecified atom stereocenters. The molecule has 1 atom stereocenters. The molecule has 0 saturated carbocycles. The van der Waals surface area contributed by atoms with E-state index >= 15 is 0 Å². The van der Waals surface area contributed by atoms with Crippen molar-refractivity contribution in [2.75, 3.05) is 13.2 Å². The molecule has 6 nitrogen and oxygen atoms in total. The highest BCUT2D eigenvalue weighted by Crippen LogP contribution is 2.22. The van der Waals surface area contributed by atoms with Gasteiger partial charge < -0.3 is 15.2 Å². The summed E-state index contributed by atoms with van der Waals surface area (Å²) in [7, 11) is 1.78. The zero-order valence-corrected chi connectivity index (χ0v) is 10.2. The third-order valence-electron chi connectivity index (χ3n) is 2.87. The minimum Gasteiger partial charge on any atom is -0.475 e. The second-order valence-electron chi connectivity index (χ2n) is 4.25. The van der Waals surface area contributed by atoms with Crippen LogP contribution in [0.1, 0.15) is 24.1 Å². The van der Waals surface area contributed by atoms with E-state index in [-0.39, 0.29) is 11.9 Å². The van der Waals surface area contributed by atoms with Crippen LogP contribution in [0.2, 0.25) is 0 Å². The predicted molar refractivity (Wildman–Crippen MR) is 63.4 cm³/mol. The molecule has 0 bridgehead atoms. The van der Waals surface area contributed by atoms with Gasteiger partial charge in [-0.05, 0) is 19.8 Å². The number of nitrogens with zero attached hydrogens (tertiary/aromatic N) is 2. The molecule has 0 radical (unpaired) electrons. The maximum absolute atomic E-state index is 7.53. The first-order valence-corrected chi connectivity index (χ1v) is 5.72. The molecule has 1 aliphatic heterocycles. The molecule has 1 aromatic heterocycles. The van der Waals surface area contributed by atoms with E-state index in [9.17, 15) is 0 Å². The molecule has 94 valence electrons. The first-order valence-electron chi connectivity index (χ1n) is 5.72. The first-order chi connectivity index (χ1) is 8.09. The zero-order chi connectivity index (χ0) is 12.4. The molecule has 3 N–H and O–H groups in total. The van der Waals surface area contributed by atoms with Crippen molar-refractivity contribution in [2.45, 2.75) is 25.9 Å². The second-order valence-corrected chi connectivity index (χ2v) is 4.25. The summed E-state index contributed by atoms with van der Waals surface area (Å²) in [5, 5.41) is 11.7. The molecular weight excluding hydrogens is 220 g/mol. The van der Waals surface area contributed by atoms with E-state index in [4.69, 9.17) is 20.6 Å². The Morgan fingerprint density at radius 2 is 2.47 bits per heavy atom. The van der Waals surface area contributed by atoms with Gasteiger partial charge in [0.2, 0.25) is 5.88 Å². The topological polar surface area (TPSA) is 86.2 Å². The van der Waals surface area contributed by atoms with E-state index in [0.717, 1.165) is 19.4 Å². The monoisotopic (exact) mass is 238 g/mol. The fourth-order valence-corrected chi connectivity index (χ4v) is 2.06. The maximum Gasteiger partial charge on any atom is 0.223 e. The van der Waals surface area contributed by atoms with E-state index in [2.05, 4.69) is 5.10 Å². The molecule has 2 heterocycles. The summed E-state index contributed by atoms with van der Waals surface area (Å²) >= 11 is 0. The van der Waals surface area contributed by atoms with Gasteiger partial charge in [-0.15, -0.1) is 0 Å². The lowest BCUT2D eigenvalue weighted by molar-refractivity contribution is 0.0647. The van der Waals surface area contributed by atoms with Crippen molar-refractivity contribution in [3.05, 3.63) is 11.3 Å². The number of amidine groups is 1. The van der Waals surface area contributed by atoms with Gasteiger partial charge in [0.25, 0.3) is 0 Å². The van der Waals surface area contributed by atoms with Gasteiger partial charge in [0.15, 0.2) is 0 Å². The van der Waals surface area contributed by atoms with Gasteiger partial charge in [0, 0.05) is 13.7 Å². The summed E-state index contributed by atoms with van der Waals surface area (Å²) in [6.45, 7) is 3.10. The van der Waals surface area contributed by atoms with Gasteiger partial charge in [-0.3, -0.25) is 5.41 Å². The van der Waals surface area contributed by atoms with Crippen LogP contribution >= 0.6 is 0 Å². The fourth-order valence-electron chi connectivity index (χ4n) is 2.06. The predicted octanol–water partition coefficient (Wildman–Crippen LogP) is 0.570. The standard InChI is InChI=1S/C11H18N4O2/c1-7-9(10(12)13)11(15(2)14-7)17-6-8-4-3-5-16-8/h8H,3-6H2,1-2H3,(H3,12,13). The smallest absolute Gasteiger partial charge is 0.223 e. The third kappa shape index (κ3) is 2.41. The van der Waals surface area contributed by atoms with Crippen LogP contribution in [0, 0.1) is 12.3 Å². The number of rotatable bonds is 4. The Balaban J connectivity index is 2.11. The fraction of sp³-hybridized carbons (Fsp3) is 0.636. The van der Waals surface area contributed by atoms with Crippen molar-refractivity contribution >= 4 is 5.84 Å². The van der Waals surface area contributed by atoms with Crippen LogP contribution in [-0.4, -0.2) is 34.9 Å². The Morgan fingerprint density at radius 1 is 1.71 bits per heavy atom. The average Bonchev–Trinajstić information content (AvgIpc) is 2.83. The number of aryl methyl sites for hydroxylation is 2. The molecule has 2 rings (SSSR count). The van der Waals surface area contributed by atoms with Crippen LogP contribution < -0.4 is 10.5 Å². The highest BCUT2D eigenvalue weighted by Gasteiger charge is 2.21. The average molecular weight is 238 g/mol. The minimum atomic E-state index is -0.0158. The van der Waals surface area contributed by atoms with Crippen LogP contribution in [0.3, 0.4) is 0 Å². The van der Waals surface area contributed by atoms with Gasteiger partial charge in [0.05, 0.1) is 11.8 Å². The third-order valence-corrected chi connectivity index (χ3v) is 2.87. The van der Waals surface area contributed by atoms with Crippen molar-refractivity contribution in [2.24, 2.45) is 12.8 Å².